The first-order chi connectivity index (χ1) is 30.5. The molecule has 1 saturated heterocycles. The molecule has 0 amide bonds. The molecule has 1 fully saturated rings. The standard InChI is InChI=1S/C50H94O12S/c1-3-5-7-9-11-13-15-17-19-20-21-22-23-25-27-29-31-33-35-37-39-46(52)61-43(41-60-50-49(55)48(54)47(53)44(62-50)42-63(56,57)58)40-59-45(51)38-36-34-32-30-28-26-24-18-16-14-12-10-8-6-4-2/h18,24,43-44,47-50,53-55H,3-17,19-23,25-42H2,1-2H3,(H,56,57,58)/b24-18+/t43-,44-,47-,48?,49?,50+/m1/s1. The average molecular weight is 919 g/mol. The fourth-order valence-corrected chi connectivity index (χ4v) is 8.78. The third-order valence-corrected chi connectivity index (χ3v) is 12.8. The van der Waals surface area contributed by atoms with E-state index in [-0.39, 0.29) is 19.4 Å². The van der Waals surface area contributed by atoms with Crippen LogP contribution in [0.25, 0.3) is 0 Å². The van der Waals surface area contributed by atoms with E-state index in [4.69, 9.17) is 18.9 Å². The van der Waals surface area contributed by atoms with Crippen LogP contribution in [0.15, 0.2) is 12.2 Å². The summed E-state index contributed by atoms with van der Waals surface area (Å²) in [6.45, 7) is 3.79. The number of aliphatic hydroxyl groups excluding tert-OH is 3. The average Bonchev–Trinajstić information content (AvgIpc) is 3.25. The van der Waals surface area contributed by atoms with E-state index in [1.165, 1.54) is 141 Å². The van der Waals surface area contributed by atoms with Gasteiger partial charge in [0, 0.05) is 12.8 Å². The van der Waals surface area contributed by atoms with Gasteiger partial charge >= 0.3 is 11.9 Å². The highest BCUT2D eigenvalue weighted by Crippen LogP contribution is 2.24. The predicted molar refractivity (Wildman–Crippen MR) is 252 cm³/mol. The fourth-order valence-electron chi connectivity index (χ4n) is 8.09. The molecule has 0 aliphatic carbocycles. The van der Waals surface area contributed by atoms with Crippen LogP contribution in [0.2, 0.25) is 0 Å². The van der Waals surface area contributed by atoms with E-state index in [1.54, 1.807) is 0 Å². The molecule has 1 aliphatic rings. The minimum atomic E-state index is -4.60. The fraction of sp³-hybridized carbons (Fsp3) is 0.920. The van der Waals surface area contributed by atoms with Gasteiger partial charge < -0.3 is 34.3 Å². The predicted octanol–water partition coefficient (Wildman–Crippen LogP) is 11.4. The highest BCUT2D eigenvalue weighted by atomic mass is 32.2. The van der Waals surface area contributed by atoms with Gasteiger partial charge in [-0.3, -0.25) is 14.1 Å². The largest absolute Gasteiger partial charge is 0.462 e. The first kappa shape index (κ1) is 59.4. The molecule has 0 aromatic carbocycles. The van der Waals surface area contributed by atoms with Gasteiger partial charge in [-0.1, -0.05) is 199 Å². The maximum Gasteiger partial charge on any atom is 0.306 e. The van der Waals surface area contributed by atoms with Gasteiger partial charge in [0.2, 0.25) is 0 Å². The smallest absolute Gasteiger partial charge is 0.306 e. The molecule has 63 heavy (non-hydrogen) atoms. The Morgan fingerprint density at radius 2 is 0.905 bits per heavy atom. The molecular weight excluding hydrogens is 825 g/mol. The molecule has 1 rings (SSSR count). The van der Waals surface area contributed by atoms with Crippen LogP contribution in [0.5, 0.6) is 0 Å². The highest BCUT2D eigenvalue weighted by Gasteiger charge is 2.46. The van der Waals surface area contributed by atoms with Crippen molar-refractivity contribution in [3.8, 4) is 0 Å². The van der Waals surface area contributed by atoms with Crippen LogP contribution >= 0.6 is 0 Å². The molecule has 0 aromatic rings. The summed E-state index contributed by atoms with van der Waals surface area (Å²) in [5.41, 5.74) is 0. The van der Waals surface area contributed by atoms with Crippen molar-refractivity contribution in [2.24, 2.45) is 0 Å². The summed E-state index contributed by atoms with van der Waals surface area (Å²) < 4.78 is 54.2. The van der Waals surface area contributed by atoms with E-state index in [0.717, 1.165) is 57.8 Å². The number of unbranched alkanes of at least 4 members (excludes halogenated alkanes) is 30. The molecule has 4 N–H and O–H groups in total. The van der Waals surface area contributed by atoms with Crippen molar-refractivity contribution in [3.05, 3.63) is 12.2 Å². The molecule has 1 aliphatic heterocycles. The van der Waals surface area contributed by atoms with Crippen LogP contribution in [0, 0.1) is 0 Å². The van der Waals surface area contributed by atoms with Gasteiger partial charge in [-0.2, -0.15) is 8.42 Å². The van der Waals surface area contributed by atoms with E-state index in [2.05, 4.69) is 26.0 Å². The molecule has 0 aromatic heterocycles. The van der Waals surface area contributed by atoms with Crippen LogP contribution in [-0.4, -0.2) is 96.0 Å². The quantitative estimate of drug-likeness (QED) is 0.0196. The first-order valence-electron chi connectivity index (χ1n) is 25.7. The molecule has 6 atom stereocenters. The number of ether oxygens (including phenoxy) is 4. The first-order valence-corrected chi connectivity index (χ1v) is 27.4. The van der Waals surface area contributed by atoms with E-state index < -0.39 is 71.2 Å². The van der Waals surface area contributed by atoms with Gasteiger partial charge in [0.1, 0.15) is 36.8 Å². The summed E-state index contributed by atoms with van der Waals surface area (Å²) in [5, 5.41) is 31.0. The number of aliphatic hydroxyl groups is 3. The number of esters is 2. The molecule has 0 spiro atoms. The minimum Gasteiger partial charge on any atom is -0.462 e. The van der Waals surface area contributed by atoms with E-state index in [9.17, 15) is 37.9 Å². The van der Waals surface area contributed by atoms with Crippen LogP contribution < -0.4 is 0 Å². The summed E-state index contributed by atoms with van der Waals surface area (Å²) in [5.74, 6) is -1.98. The summed E-state index contributed by atoms with van der Waals surface area (Å²) >= 11 is 0. The van der Waals surface area contributed by atoms with Gasteiger partial charge in [-0.05, 0) is 38.5 Å². The Balaban J connectivity index is 2.36. The zero-order valence-electron chi connectivity index (χ0n) is 40.0. The van der Waals surface area contributed by atoms with Gasteiger partial charge in [-0.15, -0.1) is 0 Å². The van der Waals surface area contributed by atoms with Crippen molar-refractivity contribution in [2.75, 3.05) is 19.0 Å². The topological polar surface area (TPSA) is 186 Å². The van der Waals surface area contributed by atoms with Crippen molar-refractivity contribution in [3.63, 3.8) is 0 Å². The summed E-state index contributed by atoms with van der Waals surface area (Å²) in [7, 11) is -4.60. The third-order valence-electron chi connectivity index (χ3n) is 12.1. The lowest BCUT2D eigenvalue weighted by molar-refractivity contribution is -0.297. The van der Waals surface area contributed by atoms with Crippen molar-refractivity contribution < 1.29 is 56.8 Å². The van der Waals surface area contributed by atoms with Crippen molar-refractivity contribution in [2.45, 2.75) is 275 Å². The molecule has 0 radical (unpaired) electrons. The monoisotopic (exact) mass is 919 g/mol. The van der Waals surface area contributed by atoms with Gasteiger partial charge in [0.05, 0.1) is 6.61 Å². The van der Waals surface area contributed by atoms with Crippen LogP contribution in [-0.2, 0) is 38.7 Å². The Morgan fingerprint density at radius 1 is 0.524 bits per heavy atom. The van der Waals surface area contributed by atoms with E-state index >= 15 is 0 Å². The zero-order valence-corrected chi connectivity index (χ0v) is 40.8. The Kier molecular flexibility index (Phi) is 38.3. The molecular formula is C50H94O12S. The van der Waals surface area contributed by atoms with Gasteiger partial charge in [0.15, 0.2) is 12.4 Å². The SMILES string of the molecule is CCCCCCCC/C=C/CCCCCCCC(=O)OC[C@H](CO[C@H]1O[C@H](CS(=O)(=O)O)[C@@H](O)C(O)C1O)OC(=O)CCCCCCCCCCCCCCCCCCCCCC. The van der Waals surface area contributed by atoms with E-state index in [0.29, 0.717) is 12.8 Å². The summed E-state index contributed by atoms with van der Waals surface area (Å²) in [4.78, 5) is 25.5. The van der Waals surface area contributed by atoms with Gasteiger partial charge in [-0.25, -0.2) is 0 Å². The third kappa shape index (κ3) is 35.3. The molecule has 372 valence electrons. The second-order valence-corrected chi connectivity index (χ2v) is 19.7. The molecule has 2 unspecified atom stereocenters. The highest BCUT2D eigenvalue weighted by molar-refractivity contribution is 7.85. The molecule has 1 heterocycles. The van der Waals surface area contributed by atoms with Gasteiger partial charge in [0.25, 0.3) is 10.1 Å². The second kappa shape index (κ2) is 40.6. The Hall–Kier alpha value is -1.61. The van der Waals surface area contributed by atoms with Crippen molar-refractivity contribution >= 4 is 22.1 Å². The normalized spacial score (nSPS) is 19.7. The molecule has 12 nitrogen and oxygen atoms in total. The van der Waals surface area contributed by atoms with Crippen LogP contribution in [0.1, 0.15) is 239 Å². The Labute approximate surface area is 384 Å². The number of carbonyl (C=O) groups excluding carboxylic acids is 2. The number of hydrogen-bond donors (Lipinski definition) is 4. The van der Waals surface area contributed by atoms with Crippen molar-refractivity contribution in [1.29, 1.82) is 0 Å². The number of allylic oxidation sites excluding steroid dienone is 2. The van der Waals surface area contributed by atoms with Crippen molar-refractivity contribution in [1.82, 2.24) is 0 Å². The number of rotatable bonds is 44. The number of carbonyl (C=O) groups is 2. The van der Waals surface area contributed by atoms with Crippen LogP contribution in [0.4, 0.5) is 0 Å². The summed E-state index contributed by atoms with van der Waals surface area (Å²) in [6.07, 6.45) is 35.4. The molecule has 13 heteroatoms. The summed E-state index contributed by atoms with van der Waals surface area (Å²) in [6, 6.07) is 0. The van der Waals surface area contributed by atoms with E-state index in [1.807, 2.05) is 0 Å². The maximum atomic E-state index is 12.9. The zero-order chi connectivity index (χ0) is 46.2. The maximum absolute atomic E-state index is 12.9. The lowest BCUT2D eigenvalue weighted by atomic mass is 10.00. The van der Waals surface area contributed by atoms with Crippen LogP contribution in [0.3, 0.4) is 0 Å². The minimum absolute atomic E-state index is 0.169. The molecule has 0 bridgehead atoms. The lowest BCUT2D eigenvalue weighted by Crippen LogP contribution is -2.60. The number of hydrogen-bond acceptors (Lipinski definition) is 11. The Morgan fingerprint density at radius 3 is 1.32 bits per heavy atom. The second-order valence-electron chi connectivity index (χ2n) is 18.2. The Bertz CT molecular complexity index is 1210. The lowest BCUT2D eigenvalue weighted by Gasteiger charge is -2.40. The molecule has 0 saturated carbocycles.